The number of aliphatic carboxylic acids is 2. The molecule has 2 aromatic carbocycles. The first kappa shape index (κ1) is 35.7. The zero-order valence-electron chi connectivity index (χ0n) is 26.4. The second-order valence-electron chi connectivity index (χ2n) is 11.1. The first-order chi connectivity index (χ1) is 24.7. The minimum Gasteiger partial charge on any atom is -0.508 e. The van der Waals surface area contributed by atoms with Gasteiger partial charge in [0.25, 0.3) is 17.5 Å². The monoisotopic (exact) mass is 755 g/mol. The van der Waals surface area contributed by atoms with Crippen LogP contribution in [0.2, 0.25) is 0 Å². The standard InChI is InChI=1S/C30H25N7O13S2/c1-49-30(27(48)37-21(26(46)47)13(10-51-28(30)37)11-52-29-33-34-35-36(29)8-19(41)42)32-25(45)20(12-2-4-14(38)5-3-12)31-24(44)17-9-50-23-16(22(17)43)6-15(39)7-18(23)40/h2-7,9,20,28,38-40H,8,10-11H2,1H3,(H,31,44)(H,32,45)(H,41,42)(H,46,47)/t20?,28-,30-/m0/s1. The summed E-state index contributed by atoms with van der Waals surface area (Å²) in [6, 6.07) is 5.31. The van der Waals surface area contributed by atoms with Crippen molar-refractivity contribution in [3.63, 3.8) is 0 Å². The quantitative estimate of drug-likeness (QED) is 0.0567. The van der Waals surface area contributed by atoms with Crippen LogP contribution in [0.25, 0.3) is 11.0 Å². The Morgan fingerprint density at radius 3 is 2.52 bits per heavy atom. The summed E-state index contributed by atoms with van der Waals surface area (Å²) in [5.74, 6) is -6.99. The van der Waals surface area contributed by atoms with Gasteiger partial charge in [0.2, 0.25) is 16.5 Å². The molecule has 4 aromatic rings. The van der Waals surface area contributed by atoms with Crippen molar-refractivity contribution < 1.29 is 58.7 Å². The van der Waals surface area contributed by atoms with Crippen molar-refractivity contribution in [2.24, 2.45) is 0 Å². The number of carboxylic acids is 2. The van der Waals surface area contributed by atoms with E-state index in [9.17, 15) is 49.2 Å². The van der Waals surface area contributed by atoms with Crippen molar-refractivity contribution in [3.8, 4) is 17.2 Å². The summed E-state index contributed by atoms with van der Waals surface area (Å²) in [4.78, 5) is 78.9. The second kappa shape index (κ2) is 13.9. The number of amides is 3. The van der Waals surface area contributed by atoms with E-state index in [-0.39, 0.29) is 50.2 Å². The third-order valence-corrected chi connectivity index (χ3v) is 10.4. The van der Waals surface area contributed by atoms with Crippen molar-refractivity contribution in [2.45, 2.75) is 28.8 Å². The maximum Gasteiger partial charge on any atom is 0.352 e. The molecule has 2 aliphatic rings. The van der Waals surface area contributed by atoms with E-state index >= 15 is 0 Å². The molecule has 1 saturated heterocycles. The molecular formula is C30H25N7O13S2. The van der Waals surface area contributed by atoms with Crippen molar-refractivity contribution in [3.05, 3.63) is 75.3 Å². The van der Waals surface area contributed by atoms with Crippen LogP contribution in [0.15, 0.2) is 68.3 Å². The summed E-state index contributed by atoms with van der Waals surface area (Å²) in [5.41, 5.74) is -4.01. The molecule has 2 aliphatic heterocycles. The van der Waals surface area contributed by atoms with Crippen LogP contribution in [-0.4, -0.2) is 110 Å². The zero-order valence-corrected chi connectivity index (χ0v) is 28.0. The largest absolute Gasteiger partial charge is 0.508 e. The molecule has 1 fully saturated rings. The van der Waals surface area contributed by atoms with Gasteiger partial charge < -0.3 is 45.3 Å². The molecule has 0 saturated carbocycles. The van der Waals surface area contributed by atoms with Gasteiger partial charge in [-0.2, -0.15) is 0 Å². The highest BCUT2D eigenvalue weighted by molar-refractivity contribution is 8.01. The Morgan fingerprint density at radius 1 is 1.12 bits per heavy atom. The third-order valence-electron chi connectivity index (χ3n) is 7.95. The van der Waals surface area contributed by atoms with Gasteiger partial charge in [-0.15, -0.1) is 16.9 Å². The number of rotatable bonds is 12. The zero-order chi connectivity index (χ0) is 37.5. The number of nitrogens with one attached hydrogen (secondary N) is 2. The van der Waals surface area contributed by atoms with Gasteiger partial charge in [-0.25, -0.2) is 9.48 Å². The number of nitrogens with zero attached hydrogens (tertiary/aromatic N) is 5. The number of aromatic hydroxyl groups is 3. The molecule has 7 N–H and O–H groups in total. The Morgan fingerprint density at radius 2 is 1.85 bits per heavy atom. The highest BCUT2D eigenvalue weighted by atomic mass is 32.2. The van der Waals surface area contributed by atoms with Gasteiger partial charge in [-0.1, -0.05) is 23.9 Å². The summed E-state index contributed by atoms with van der Waals surface area (Å²) >= 11 is 2.02. The van der Waals surface area contributed by atoms with Crippen molar-refractivity contribution in [2.75, 3.05) is 18.6 Å². The number of carboxylic acid groups (broad SMARTS) is 2. The van der Waals surface area contributed by atoms with Gasteiger partial charge in [-0.3, -0.25) is 28.9 Å². The lowest BCUT2D eigenvalue weighted by Crippen LogP contribution is -2.81. The predicted molar refractivity (Wildman–Crippen MR) is 176 cm³/mol. The maximum absolute atomic E-state index is 14.0. The Hall–Kier alpha value is -6.13. The third kappa shape index (κ3) is 6.33. The van der Waals surface area contributed by atoms with E-state index in [1.807, 2.05) is 0 Å². The van der Waals surface area contributed by atoms with E-state index in [0.29, 0.717) is 0 Å². The number of phenols is 3. The summed E-state index contributed by atoms with van der Waals surface area (Å²) < 4.78 is 11.8. The van der Waals surface area contributed by atoms with Crippen LogP contribution in [0.5, 0.6) is 17.2 Å². The van der Waals surface area contributed by atoms with Crippen molar-refractivity contribution in [1.82, 2.24) is 35.7 Å². The average molecular weight is 756 g/mol. The molecule has 52 heavy (non-hydrogen) atoms. The molecular weight excluding hydrogens is 731 g/mol. The van der Waals surface area contributed by atoms with E-state index in [4.69, 9.17) is 14.3 Å². The number of fused-ring (bicyclic) bond motifs is 2. The lowest BCUT2D eigenvalue weighted by Gasteiger charge is -2.56. The van der Waals surface area contributed by atoms with Crippen LogP contribution in [-0.2, 0) is 30.5 Å². The highest BCUT2D eigenvalue weighted by Crippen LogP contribution is 2.47. The summed E-state index contributed by atoms with van der Waals surface area (Å²) in [6.45, 7) is -0.534. The Bertz CT molecular complexity index is 2240. The summed E-state index contributed by atoms with van der Waals surface area (Å²) in [5, 5.41) is 63.3. The summed E-state index contributed by atoms with van der Waals surface area (Å²) in [7, 11) is 1.12. The highest BCUT2D eigenvalue weighted by Gasteiger charge is 2.67. The van der Waals surface area contributed by atoms with Crippen LogP contribution >= 0.6 is 23.5 Å². The molecule has 3 amide bonds. The molecule has 22 heteroatoms. The Labute approximate surface area is 298 Å². The normalized spacial score (nSPS) is 18.8. The molecule has 3 atom stereocenters. The molecule has 1 unspecified atom stereocenters. The number of ether oxygens (including phenoxy) is 1. The topological polar surface area (TPSA) is 297 Å². The van der Waals surface area contributed by atoms with E-state index in [2.05, 4.69) is 26.2 Å². The Kier molecular flexibility index (Phi) is 9.53. The number of carbonyl (C=O) groups excluding carboxylic acids is 3. The number of phenolic OH excluding ortho intramolecular Hbond substituents is 3. The first-order valence-corrected chi connectivity index (χ1v) is 16.7. The number of carbonyl (C=O) groups is 5. The fourth-order valence-corrected chi connectivity index (χ4v) is 7.98. The van der Waals surface area contributed by atoms with Crippen LogP contribution < -0.4 is 16.1 Å². The molecule has 270 valence electrons. The molecule has 4 heterocycles. The maximum atomic E-state index is 14.0. The van der Waals surface area contributed by atoms with Crippen LogP contribution in [0.3, 0.4) is 0 Å². The Balaban J connectivity index is 1.27. The number of β-lactam (4-membered cyclic amide) rings is 1. The summed E-state index contributed by atoms with van der Waals surface area (Å²) in [6.07, 6.45) is 0.757. The van der Waals surface area contributed by atoms with Gasteiger partial charge in [0.05, 0.1) is 5.39 Å². The molecule has 0 aliphatic carbocycles. The SMILES string of the molecule is CO[C@@]1(NC(=O)C(NC(=O)c2coc3c(O)cc(O)cc3c2=O)c2ccc(O)cc2)C(=O)N2C(C(=O)O)=C(CSc3nnnn3CC(=O)O)CS[C@H]21. The molecule has 0 radical (unpaired) electrons. The van der Waals surface area contributed by atoms with E-state index in [0.717, 1.165) is 58.6 Å². The molecule has 0 bridgehead atoms. The smallest absolute Gasteiger partial charge is 0.352 e. The van der Waals surface area contributed by atoms with E-state index < -0.39 is 75.8 Å². The molecule has 2 aromatic heterocycles. The van der Waals surface area contributed by atoms with Gasteiger partial charge in [0.15, 0.2) is 11.3 Å². The molecule has 0 spiro atoms. The first-order valence-electron chi connectivity index (χ1n) is 14.7. The number of tetrazole rings is 1. The fraction of sp³-hybridized carbons (Fsp3) is 0.233. The average Bonchev–Trinajstić information content (AvgIpc) is 3.54. The van der Waals surface area contributed by atoms with Gasteiger partial charge in [0.1, 0.15) is 47.0 Å². The van der Waals surface area contributed by atoms with Crippen LogP contribution in [0.4, 0.5) is 0 Å². The fourth-order valence-electron chi connectivity index (χ4n) is 5.53. The van der Waals surface area contributed by atoms with E-state index in [1.54, 1.807) is 0 Å². The van der Waals surface area contributed by atoms with Crippen LogP contribution in [0.1, 0.15) is 22.0 Å². The van der Waals surface area contributed by atoms with Crippen molar-refractivity contribution in [1.29, 1.82) is 0 Å². The van der Waals surface area contributed by atoms with E-state index in [1.165, 1.54) is 24.3 Å². The number of thioether (sulfide) groups is 2. The minimum atomic E-state index is -2.12. The van der Waals surface area contributed by atoms with Crippen LogP contribution in [0, 0.1) is 0 Å². The molecule has 20 nitrogen and oxygen atoms in total. The minimum absolute atomic E-state index is 0.0333. The van der Waals surface area contributed by atoms with Gasteiger partial charge in [-0.05, 0) is 39.8 Å². The number of benzene rings is 2. The van der Waals surface area contributed by atoms with Crippen molar-refractivity contribution >= 4 is 64.2 Å². The second-order valence-corrected chi connectivity index (χ2v) is 13.2. The van der Waals surface area contributed by atoms with Gasteiger partial charge in [0, 0.05) is 24.7 Å². The lowest BCUT2D eigenvalue weighted by atomic mass is 9.96. The number of hydrogen-bond acceptors (Lipinski definition) is 16. The number of methoxy groups -OCH3 is 1. The lowest BCUT2D eigenvalue weighted by molar-refractivity contribution is -0.192. The predicted octanol–water partition coefficient (Wildman–Crippen LogP) is -0.0430. The molecule has 6 rings (SSSR count). The van der Waals surface area contributed by atoms with Gasteiger partial charge >= 0.3 is 11.9 Å². The number of hydrogen-bond donors (Lipinski definition) is 7. The number of aromatic nitrogens is 4.